The zero-order chi connectivity index (χ0) is 9.73. The molecule has 1 unspecified atom stereocenters. The van der Waals surface area contributed by atoms with E-state index in [4.69, 9.17) is 0 Å². The Morgan fingerprint density at radius 2 is 2.14 bits per heavy atom. The van der Waals surface area contributed by atoms with Crippen LogP contribution in [-0.4, -0.2) is 26.0 Å². The van der Waals surface area contributed by atoms with Crippen LogP contribution in [0.1, 0.15) is 32.6 Å². The zero-order valence-electron chi connectivity index (χ0n) is 9.60. The van der Waals surface area contributed by atoms with Gasteiger partial charge in [-0.05, 0) is 44.2 Å². The molecule has 1 amide bonds. The Labute approximate surface area is 129 Å². The Hall–Kier alpha value is 1.07. The number of nitrogens with one attached hydrogen (secondary N) is 1. The fourth-order valence-electron chi connectivity index (χ4n) is 1.90. The summed E-state index contributed by atoms with van der Waals surface area (Å²) in [6.07, 6.45) is 4.02. The number of hydrogen-bond acceptors (Lipinski definition) is 2. The average molecular weight is 222 g/mol. The van der Waals surface area contributed by atoms with Crippen molar-refractivity contribution in [2.24, 2.45) is 5.41 Å². The molecule has 1 saturated heterocycles. The molecule has 76 valence electrons. The molecule has 1 aliphatic rings. The van der Waals surface area contributed by atoms with E-state index < -0.39 is 0 Å². The molecule has 0 bridgehead atoms. The fraction of sp³-hybridized carbons (Fsp3) is 0.900. The van der Waals surface area contributed by atoms with Gasteiger partial charge in [0.2, 0.25) is 0 Å². The summed E-state index contributed by atoms with van der Waals surface area (Å²) >= 11 is 0. The average Bonchev–Trinajstić information content (AvgIpc) is 2.30. The van der Waals surface area contributed by atoms with Gasteiger partial charge >= 0.3 is 51.4 Å². The van der Waals surface area contributed by atoms with Gasteiger partial charge in [0.1, 0.15) is 0 Å². The Kier molecular flexibility index (Phi) is 7.92. The first-order valence-electron chi connectivity index (χ1n) is 5.00. The van der Waals surface area contributed by atoms with Crippen LogP contribution in [0.15, 0.2) is 0 Å². The van der Waals surface area contributed by atoms with E-state index in [9.17, 15) is 4.79 Å². The second-order valence-corrected chi connectivity index (χ2v) is 4.21. The Balaban J connectivity index is 0.00000169. The van der Waals surface area contributed by atoms with E-state index in [-0.39, 0.29) is 62.7 Å². The maximum Gasteiger partial charge on any atom is 1.00 e. The molecule has 0 aromatic heterocycles. The van der Waals surface area contributed by atoms with Crippen molar-refractivity contribution >= 4 is 5.91 Å². The molecule has 4 heteroatoms. The van der Waals surface area contributed by atoms with Crippen molar-refractivity contribution in [1.29, 1.82) is 0 Å². The van der Waals surface area contributed by atoms with Crippen molar-refractivity contribution in [2.45, 2.75) is 32.6 Å². The quantitative estimate of drug-likeness (QED) is 0.590. The molecule has 1 aliphatic heterocycles. The summed E-state index contributed by atoms with van der Waals surface area (Å²) in [6, 6.07) is 0. The van der Waals surface area contributed by atoms with Gasteiger partial charge in [-0.3, -0.25) is 0 Å². The molecule has 3 nitrogen and oxygen atoms in total. The van der Waals surface area contributed by atoms with Crippen LogP contribution in [0.3, 0.4) is 0 Å². The monoisotopic (exact) mass is 222 g/mol. The Morgan fingerprint density at radius 1 is 1.43 bits per heavy atom. The Morgan fingerprint density at radius 3 is 2.79 bits per heavy atom. The van der Waals surface area contributed by atoms with Crippen LogP contribution in [-0.2, 0) is 4.79 Å². The molecule has 1 N–H and O–H groups in total. The minimum atomic E-state index is 0. The van der Waals surface area contributed by atoms with Gasteiger partial charge in [-0.25, -0.2) is 0 Å². The van der Waals surface area contributed by atoms with Crippen molar-refractivity contribution in [3.05, 3.63) is 5.32 Å². The largest absolute Gasteiger partial charge is 1.00 e. The first kappa shape index (κ1) is 15.1. The molecule has 1 heterocycles. The normalized spacial score (nSPS) is 27.3. The van der Waals surface area contributed by atoms with Gasteiger partial charge in [0.05, 0.1) is 5.91 Å². The van der Waals surface area contributed by atoms with Crippen LogP contribution in [0.2, 0.25) is 0 Å². The van der Waals surface area contributed by atoms with Gasteiger partial charge < -0.3 is 15.4 Å². The van der Waals surface area contributed by atoms with Crippen molar-refractivity contribution in [2.75, 3.05) is 20.1 Å². The maximum atomic E-state index is 11.2. The van der Waals surface area contributed by atoms with Crippen molar-refractivity contribution in [3.63, 3.8) is 0 Å². The number of carbonyl (C=O) groups excluding carboxylic acids is 1. The molecule has 0 aliphatic carbocycles. The summed E-state index contributed by atoms with van der Waals surface area (Å²) in [5, 5.41) is 7.05. The molecule has 1 rings (SSSR count). The topological polar surface area (TPSA) is 43.2 Å². The van der Waals surface area contributed by atoms with Gasteiger partial charge in [0, 0.05) is 0 Å². The van der Waals surface area contributed by atoms with Crippen molar-refractivity contribution in [1.82, 2.24) is 5.32 Å². The SMILES string of the molecule is C[N-]C(=O)CC1(C)CCCNCC1.[K+]. The molecule has 14 heavy (non-hydrogen) atoms. The van der Waals surface area contributed by atoms with E-state index in [0.717, 1.165) is 25.9 Å². The third-order valence-electron chi connectivity index (χ3n) is 2.87. The predicted molar refractivity (Wildman–Crippen MR) is 53.7 cm³/mol. The van der Waals surface area contributed by atoms with Gasteiger partial charge in [-0.15, -0.1) is 7.05 Å². The number of hydrogen-bond donors (Lipinski definition) is 1. The minimum Gasteiger partial charge on any atom is -0.656 e. The molecular formula is C10H19KN2O. The summed E-state index contributed by atoms with van der Waals surface area (Å²) in [6.45, 7) is 4.32. The third kappa shape index (κ3) is 5.23. The standard InChI is InChI=1S/C10H20N2O.K/c1-10(8-9(13)11-2)4-3-6-12-7-5-10;/h12H,3-8H2,1-2H3,(H,11,13);/q;+1/p-1. The van der Waals surface area contributed by atoms with Crippen LogP contribution in [0, 0.1) is 5.41 Å². The first-order valence-corrected chi connectivity index (χ1v) is 5.00. The second kappa shape index (κ2) is 7.36. The summed E-state index contributed by atoms with van der Waals surface area (Å²) < 4.78 is 0. The smallest absolute Gasteiger partial charge is 0.656 e. The van der Waals surface area contributed by atoms with E-state index in [1.807, 2.05) is 0 Å². The van der Waals surface area contributed by atoms with Crippen LogP contribution < -0.4 is 56.7 Å². The van der Waals surface area contributed by atoms with Crippen LogP contribution >= 0.6 is 0 Å². The van der Waals surface area contributed by atoms with E-state index >= 15 is 0 Å². The molecule has 1 fully saturated rings. The molecule has 0 aromatic carbocycles. The van der Waals surface area contributed by atoms with E-state index in [1.54, 1.807) is 7.05 Å². The van der Waals surface area contributed by atoms with Crippen LogP contribution in [0.4, 0.5) is 0 Å². The molecule has 1 atom stereocenters. The second-order valence-electron chi connectivity index (χ2n) is 4.21. The predicted octanol–water partition coefficient (Wildman–Crippen LogP) is -1.31. The number of amides is 1. The molecule has 0 radical (unpaired) electrons. The summed E-state index contributed by atoms with van der Waals surface area (Å²) in [5.74, 6) is 0.0457. The van der Waals surface area contributed by atoms with E-state index in [1.165, 1.54) is 6.42 Å². The molecule has 0 aromatic rings. The van der Waals surface area contributed by atoms with Gasteiger partial charge in [-0.1, -0.05) is 6.92 Å². The van der Waals surface area contributed by atoms with Gasteiger partial charge in [0.15, 0.2) is 0 Å². The third-order valence-corrected chi connectivity index (χ3v) is 2.87. The first-order chi connectivity index (χ1) is 6.16. The summed E-state index contributed by atoms with van der Waals surface area (Å²) in [7, 11) is 1.58. The van der Waals surface area contributed by atoms with Crippen molar-refractivity contribution in [3.8, 4) is 0 Å². The van der Waals surface area contributed by atoms with Gasteiger partial charge in [-0.2, -0.15) is 0 Å². The Bertz CT molecular complexity index is 177. The summed E-state index contributed by atoms with van der Waals surface area (Å²) in [5.41, 5.74) is 0.181. The number of carbonyl (C=O) groups is 1. The van der Waals surface area contributed by atoms with Crippen LogP contribution in [0.5, 0.6) is 0 Å². The fourth-order valence-corrected chi connectivity index (χ4v) is 1.90. The zero-order valence-corrected chi connectivity index (χ0v) is 12.7. The number of rotatable bonds is 2. The molecule has 0 spiro atoms. The molecular weight excluding hydrogens is 203 g/mol. The van der Waals surface area contributed by atoms with Crippen LogP contribution in [0.25, 0.3) is 5.32 Å². The molecule has 0 saturated carbocycles. The number of nitrogens with zero attached hydrogens (tertiary/aromatic N) is 1. The van der Waals surface area contributed by atoms with E-state index in [2.05, 4.69) is 17.6 Å². The minimum absolute atomic E-state index is 0. The van der Waals surface area contributed by atoms with Gasteiger partial charge in [0.25, 0.3) is 0 Å². The van der Waals surface area contributed by atoms with Crippen molar-refractivity contribution < 1.29 is 56.2 Å². The summed E-state index contributed by atoms with van der Waals surface area (Å²) in [4.78, 5) is 11.2. The maximum absolute atomic E-state index is 11.2. The van der Waals surface area contributed by atoms with E-state index in [0.29, 0.717) is 6.42 Å².